The van der Waals surface area contributed by atoms with Crippen molar-refractivity contribution in [3.63, 3.8) is 0 Å². The summed E-state index contributed by atoms with van der Waals surface area (Å²) < 4.78 is 0. The molecule has 0 spiro atoms. The van der Waals surface area contributed by atoms with E-state index in [9.17, 15) is 4.79 Å². The van der Waals surface area contributed by atoms with Crippen LogP contribution in [0, 0.1) is 17.8 Å². The van der Waals surface area contributed by atoms with Gasteiger partial charge < -0.3 is 4.90 Å². The largest absolute Gasteiger partial charge is 0.306 e. The Hall–Kier alpha value is -1.50. The highest BCUT2D eigenvalue weighted by Gasteiger charge is 2.46. The molecular formula is C17H24N4O2. The molecule has 23 heavy (non-hydrogen) atoms. The molecule has 3 aliphatic heterocycles. The molecule has 3 fully saturated rings. The minimum atomic E-state index is -0.492. The highest BCUT2D eigenvalue weighted by molar-refractivity contribution is 5.93. The fraction of sp³-hybridized carbons (Fsp3) is 0.647. The number of pyridine rings is 1. The Morgan fingerprint density at radius 1 is 1.43 bits per heavy atom. The second-order valence-electron chi connectivity index (χ2n) is 7.40. The fourth-order valence-corrected chi connectivity index (χ4v) is 4.65. The van der Waals surface area contributed by atoms with Gasteiger partial charge in [-0.05, 0) is 42.9 Å². The second kappa shape index (κ2) is 5.85. The van der Waals surface area contributed by atoms with E-state index < -0.39 is 5.91 Å². The van der Waals surface area contributed by atoms with Gasteiger partial charge in [0.1, 0.15) is 0 Å². The molecule has 1 aromatic heterocycles. The summed E-state index contributed by atoms with van der Waals surface area (Å²) in [5.74, 6) is 2.08. The van der Waals surface area contributed by atoms with Crippen LogP contribution in [0.5, 0.6) is 0 Å². The number of nitrogens with zero attached hydrogens (tertiary/aromatic N) is 3. The molecule has 2 unspecified atom stereocenters. The number of rotatable bonds is 3. The number of amides is 1. The van der Waals surface area contributed by atoms with Gasteiger partial charge in [0.25, 0.3) is 5.91 Å². The maximum atomic E-state index is 11.6. The van der Waals surface area contributed by atoms with E-state index in [2.05, 4.69) is 21.8 Å². The topological polar surface area (TPSA) is 68.7 Å². The molecule has 6 heteroatoms. The predicted molar refractivity (Wildman–Crippen MR) is 85.1 cm³/mol. The molecule has 1 saturated carbocycles. The number of hydroxylamine groups is 1. The van der Waals surface area contributed by atoms with Crippen LogP contribution in [0.25, 0.3) is 0 Å². The van der Waals surface area contributed by atoms with Crippen molar-refractivity contribution >= 4 is 5.91 Å². The molecule has 2 bridgehead atoms. The Labute approximate surface area is 136 Å². The minimum Gasteiger partial charge on any atom is -0.306 e. The zero-order valence-corrected chi connectivity index (χ0v) is 13.5. The molecule has 4 heterocycles. The van der Waals surface area contributed by atoms with Crippen LogP contribution < -0.4 is 5.48 Å². The van der Waals surface area contributed by atoms with Gasteiger partial charge in [-0.25, -0.2) is 5.48 Å². The summed E-state index contributed by atoms with van der Waals surface area (Å²) in [6.07, 6.45) is 3.90. The van der Waals surface area contributed by atoms with Gasteiger partial charge in [0.05, 0.1) is 5.56 Å². The third-order valence-electron chi connectivity index (χ3n) is 5.86. The van der Waals surface area contributed by atoms with Crippen LogP contribution in [-0.2, 0) is 13.0 Å². The third kappa shape index (κ3) is 2.75. The van der Waals surface area contributed by atoms with E-state index >= 15 is 0 Å². The van der Waals surface area contributed by atoms with Crippen molar-refractivity contribution in [1.29, 1.82) is 0 Å². The molecule has 5 rings (SSSR count). The summed E-state index contributed by atoms with van der Waals surface area (Å²) in [7, 11) is 2.23. The van der Waals surface area contributed by atoms with Gasteiger partial charge >= 0.3 is 0 Å². The van der Waals surface area contributed by atoms with Crippen LogP contribution in [0.3, 0.4) is 0 Å². The number of carbonyl (C=O) groups is 1. The van der Waals surface area contributed by atoms with Crippen molar-refractivity contribution in [2.45, 2.75) is 19.4 Å². The summed E-state index contributed by atoms with van der Waals surface area (Å²) in [4.78, 5) is 20.9. The van der Waals surface area contributed by atoms with Crippen molar-refractivity contribution < 1.29 is 10.0 Å². The Bertz CT molecular complexity index is 609. The number of carbonyl (C=O) groups excluding carboxylic acids is 1. The Morgan fingerprint density at radius 3 is 2.96 bits per heavy atom. The number of hydrogen-bond donors (Lipinski definition) is 2. The van der Waals surface area contributed by atoms with E-state index in [0.29, 0.717) is 5.56 Å². The third-order valence-corrected chi connectivity index (χ3v) is 5.86. The lowest BCUT2D eigenvalue weighted by atomic mass is 9.61. The van der Waals surface area contributed by atoms with Gasteiger partial charge in [0, 0.05) is 51.0 Å². The highest BCUT2D eigenvalue weighted by atomic mass is 16.5. The average Bonchev–Trinajstić information content (AvgIpc) is 2.58. The molecule has 2 N–H and O–H groups in total. The van der Waals surface area contributed by atoms with Crippen LogP contribution in [0.2, 0.25) is 0 Å². The zero-order valence-electron chi connectivity index (χ0n) is 13.5. The molecule has 0 aromatic carbocycles. The summed E-state index contributed by atoms with van der Waals surface area (Å²) in [5.41, 5.74) is 4.32. The molecule has 0 radical (unpaired) electrons. The Kier molecular flexibility index (Phi) is 3.83. The first kappa shape index (κ1) is 15.1. The summed E-state index contributed by atoms with van der Waals surface area (Å²) >= 11 is 0. The quantitative estimate of drug-likeness (QED) is 0.636. The van der Waals surface area contributed by atoms with Crippen LogP contribution in [0.1, 0.15) is 28.0 Å². The lowest BCUT2D eigenvalue weighted by Crippen LogP contribution is -2.57. The minimum absolute atomic E-state index is 0.426. The smallest absolute Gasteiger partial charge is 0.276 e. The molecule has 124 valence electrons. The number of nitrogens with one attached hydrogen (secondary N) is 1. The molecule has 2 atom stereocenters. The Balaban J connectivity index is 1.43. The maximum Gasteiger partial charge on any atom is 0.276 e. The fourth-order valence-electron chi connectivity index (χ4n) is 4.65. The van der Waals surface area contributed by atoms with E-state index in [1.54, 1.807) is 11.7 Å². The monoisotopic (exact) mass is 316 g/mol. The summed E-state index contributed by atoms with van der Waals surface area (Å²) in [6.45, 7) is 5.57. The standard InChI is InChI=1S/C17H24N4O2/c1-20-7-12-5-13(8-20)15(12)10-21-3-2-16-14(9-21)4-11(6-18-16)17(22)19-23/h4,6,12-13,15,23H,2-3,5,7-10H2,1H3,(H,19,22). The number of aromatic nitrogens is 1. The summed E-state index contributed by atoms with van der Waals surface area (Å²) in [6, 6.07) is 1.87. The van der Waals surface area contributed by atoms with Gasteiger partial charge in [-0.15, -0.1) is 0 Å². The first-order valence-corrected chi connectivity index (χ1v) is 8.47. The van der Waals surface area contributed by atoms with Crippen molar-refractivity contribution in [3.05, 3.63) is 29.1 Å². The highest BCUT2D eigenvalue weighted by Crippen LogP contribution is 2.45. The number of fused-ring (bicyclic) bond motifs is 3. The lowest BCUT2D eigenvalue weighted by Gasteiger charge is -2.54. The van der Waals surface area contributed by atoms with Gasteiger partial charge in [-0.3, -0.25) is 19.9 Å². The van der Waals surface area contributed by atoms with E-state index in [4.69, 9.17) is 5.21 Å². The van der Waals surface area contributed by atoms with E-state index in [0.717, 1.165) is 48.5 Å². The number of piperidine rings is 2. The normalized spacial score (nSPS) is 30.4. The first-order chi connectivity index (χ1) is 11.1. The van der Waals surface area contributed by atoms with Crippen molar-refractivity contribution in [2.75, 3.05) is 33.2 Å². The van der Waals surface area contributed by atoms with Crippen LogP contribution in [0.15, 0.2) is 12.3 Å². The van der Waals surface area contributed by atoms with Crippen molar-refractivity contribution in [3.8, 4) is 0 Å². The zero-order chi connectivity index (χ0) is 16.0. The van der Waals surface area contributed by atoms with Gasteiger partial charge in [0.15, 0.2) is 0 Å². The molecule has 1 aromatic rings. The average molecular weight is 316 g/mol. The number of hydrogen-bond acceptors (Lipinski definition) is 5. The molecule has 6 nitrogen and oxygen atoms in total. The SMILES string of the molecule is CN1CC2CC(C1)C2CN1CCc2ncc(C(=O)NO)cc2C1. The Morgan fingerprint density at radius 2 is 2.22 bits per heavy atom. The van der Waals surface area contributed by atoms with Crippen LogP contribution >= 0.6 is 0 Å². The maximum absolute atomic E-state index is 11.6. The van der Waals surface area contributed by atoms with Gasteiger partial charge in [-0.1, -0.05) is 0 Å². The van der Waals surface area contributed by atoms with E-state index in [1.807, 2.05) is 6.07 Å². The molecule has 1 aliphatic carbocycles. The predicted octanol–water partition coefficient (Wildman–Crippen LogP) is 0.756. The van der Waals surface area contributed by atoms with Gasteiger partial charge in [0.2, 0.25) is 0 Å². The van der Waals surface area contributed by atoms with E-state index in [-0.39, 0.29) is 0 Å². The van der Waals surface area contributed by atoms with Gasteiger partial charge in [-0.2, -0.15) is 0 Å². The van der Waals surface area contributed by atoms with Crippen LogP contribution in [0.4, 0.5) is 0 Å². The van der Waals surface area contributed by atoms with Crippen molar-refractivity contribution in [1.82, 2.24) is 20.3 Å². The first-order valence-electron chi connectivity index (χ1n) is 8.47. The van der Waals surface area contributed by atoms with Crippen molar-refractivity contribution in [2.24, 2.45) is 17.8 Å². The summed E-state index contributed by atoms with van der Waals surface area (Å²) in [5, 5.41) is 8.77. The van der Waals surface area contributed by atoms with Crippen LogP contribution in [-0.4, -0.2) is 59.1 Å². The molecular weight excluding hydrogens is 292 g/mol. The molecule has 1 amide bonds. The van der Waals surface area contributed by atoms with E-state index in [1.165, 1.54) is 26.1 Å². The molecule has 2 saturated heterocycles. The second-order valence-corrected chi connectivity index (χ2v) is 7.40. The molecule has 4 aliphatic rings. The lowest BCUT2D eigenvalue weighted by molar-refractivity contribution is -0.0503.